The first kappa shape index (κ1) is 11.4. The summed E-state index contributed by atoms with van der Waals surface area (Å²) in [6.45, 7) is 3.49. The van der Waals surface area contributed by atoms with E-state index in [1.165, 1.54) is 6.42 Å². The van der Waals surface area contributed by atoms with Crippen molar-refractivity contribution in [3.05, 3.63) is 0 Å². The molecule has 2 rings (SSSR count). The second-order valence-corrected chi connectivity index (χ2v) is 6.63. The van der Waals surface area contributed by atoms with E-state index >= 15 is 0 Å². The molecule has 2 unspecified atom stereocenters. The highest BCUT2D eigenvalue weighted by molar-refractivity contribution is 7.89. The quantitative estimate of drug-likeness (QED) is 0.773. The first-order chi connectivity index (χ1) is 7.15. The normalized spacial score (nSPS) is 33.7. The van der Waals surface area contributed by atoms with Gasteiger partial charge in [-0.2, -0.15) is 4.31 Å². The molecule has 4 nitrogen and oxygen atoms in total. The molecule has 2 saturated heterocycles. The standard InChI is InChI=1S/C10H20N2O2S/c1-2-15(13,14)12-8-4-6-10(12)9-5-3-7-11-9/h9-11H,2-8H2,1H3. The third kappa shape index (κ3) is 2.19. The van der Waals surface area contributed by atoms with Crippen LogP contribution in [0.15, 0.2) is 0 Å². The lowest BCUT2D eigenvalue weighted by atomic mass is 10.1. The third-order valence-electron chi connectivity index (χ3n) is 3.53. The van der Waals surface area contributed by atoms with Gasteiger partial charge in [-0.25, -0.2) is 8.42 Å². The summed E-state index contributed by atoms with van der Waals surface area (Å²) in [4.78, 5) is 0. The molecule has 0 aliphatic carbocycles. The van der Waals surface area contributed by atoms with E-state index in [4.69, 9.17) is 0 Å². The van der Waals surface area contributed by atoms with E-state index in [-0.39, 0.29) is 11.8 Å². The van der Waals surface area contributed by atoms with Crippen LogP contribution in [0.4, 0.5) is 0 Å². The highest BCUT2D eigenvalue weighted by Gasteiger charge is 2.38. The molecular formula is C10H20N2O2S. The zero-order valence-corrected chi connectivity index (χ0v) is 10.1. The molecule has 0 radical (unpaired) electrons. The van der Waals surface area contributed by atoms with Crippen molar-refractivity contribution in [2.75, 3.05) is 18.8 Å². The largest absolute Gasteiger partial charge is 0.312 e. The minimum Gasteiger partial charge on any atom is -0.312 e. The Bertz CT molecular complexity index is 309. The summed E-state index contributed by atoms with van der Waals surface area (Å²) < 4.78 is 25.5. The van der Waals surface area contributed by atoms with E-state index < -0.39 is 10.0 Å². The van der Waals surface area contributed by atoms with E-state index in [1.807, 2.05) is 0 Å². The van der Waals surface area contributed by atoms with Gasteiger partial charge < -0.3 is 5.32 Å². The first-order valence-electron chi connectivity index (χ1n) is 5.88. The molecule has 2 fully saturated rings. The Morgan fingerprint density at radius 1 is 1.33 bits per heavy atom. The zero-order valence-electron chi connectivity index (χ0n) is 9.28. The smallest absolute Gasteiger partial charge is 0.214 e. The number of rotatable bonds is 3. The molecule has 0 aromatic heterocycles. The number of hydrogen-bond acceptors (Lipinski definition) is 3. The molecule has 88 valence electrons. The monoisotopic (exact) mass is 232 g/mol. The van der Waals surface area contributed by atoms with Crippen LogP contribution in [-0.4, -0.2) is 43.6 Å². The van der Waals surface area contributed by atoms with Crippen LogP contribution >= 0.6 is 0 Å². The highest BCUT2D eigenvalue weighted by Crippen LogP contribution is 2.27. The van der Waals surface area contributed by atoms with Gasteiger partial charge in [-0.05, 0) is 39.2 Å². The van der Waals surface area contributed by atoms with Gasteiger partial charge in [0.2, 0.25) is 10.0 Å². The van der Waals surface area contributed by atoms with Crippen LogP contribution in [0.2, 0.25) is 0 Å². The summed E-state index contributed by atoms with van der Waals surface area (Å²) in [7, 11) is -2.99. The Balaban J connectivity index is 2.11. The molecule has 2 atom stereocenters. The minimum atomic E-state index is -2.99. The van der Waals surface area contributed by atoms with Crippen LogP contribution in [0.1, 0.15) is 32.6 Å². The fourth-order valence-corrected chi connectivity index (χ4v) is 4.12. The lowest BCUT2D eigenvalue weighted by Gasteiger charge is -2.28. The molecule has 0 aromatic carbocycles. The Labute approximate surface area is 92.1 Å². The molecule has 2 aliphatic heterocycles. The maximum Gasteiger partial charge on any atom is 0.214 e. The van der Waals surface area contributed by atoms with Crippen molar-refractivity contribution in [1.82, 2.24) is 9.62 Å². The summed E-state index contributed by atoms with van der Waals surface area (Å²) in [6, 6.07) is 0.617. The van der Waals surface area contributed by atoms with Crippen molar-refractivity contribution in [2.45, 2.75) is 44.7 Å². The van der Waals surface area contributed by atoms with Gasteiger partial charge in [0.25, 0.3) is 0 Å². The number of hydrogen-bond donors (Lipinski definition) is 1. The Hall–Kier alpha value is -0.130. The van der Waals surface area contributed by atoms with Gasteiger partial charge in [0.1, 0.15) is 0 Å². The maximum absolute atomic E-state index is 11.9. The van der Waals surface area contributed by atoms with E-state index in [2.05, 4.69) is 5.32 Å². The zero-order chi connectivity index (χ0) is 10.9. The predicted molar refractivity (Wildman–Crippen MR) is 60.2 cm³/mol. The summed E-state index contributed by atoms with van der Waals surface area (Å²) in [5.74, 6) is 0.232. The predicted octanol–water partition coefficient (Wildman–Crippen LogP) is 0.552. The molecule has 0 bridgehead atoms. The van der Waals surface area contributed by atoms with Crippen molar-refractivity contribution < 1.29 is 8.42 Å². The van der Waals surface area contributed by atoms with Crippen molar-refractivity contribution in [1.29, 1.82) is 0 Å². The number of nitrogens with one attached hydrogen (secondary N) is 1. The van der Waals surface area contributed by atoms with Crippen LogP contribution in [0.3, 0.4) is 0 Å². The summed E-state index contributed by atoms with van der Waals surface area (Å²) in [5.41, 5.74) is 0. The molecule has 0 amide bonds. The van der Waals surface area contributed by atoms with Crippen LogP contribution in [0, 0.1) is 0 Å². The van der Waals surface area contributed by atoms with Gasteiger partial charge in [-0.1, -0.05) is 0 Å². The summed E-state index contributed by atoms with van der Waals surface area (Å²) in [6.07, 6.45) is 4.35. The minimum absolute atomic E-state index is 0.220. The van der Waals surface area contributed by atoms with Crippen molar-refractivity contribution in [2.24, 2.45) is 0 Å². The Morgan fingerprint density at radius 3 is 2.73 bits per heavy atom. The van der Waals surface area contributed by atoms with Crippen LogP contribution in [0.25, 0.3) is 0 Å². The molecule has 2 heterocycles. The van der Waals surface area contributed by atoms with Crippen molar-refractivity contribution in [3.63, 3.8) is 0 Å². The molecule has 0 saturated carbocycles. The fraction of sp³-hybridized carbons (Fsp3) is 1.00. The average Bonchev–Trinajstić information content (AvgIpc) is 2.87. The molecule has 0 spiro atoms. The van der Waals surface area contributed by atoms with Gasteiger partial charge >= 0.3 is 0 Å². The number of nitrogens with zero attached hydrogens (tertiary/aromatic N) is 1. The van der Waals surface area contributed by atoms with Crippen molar-refractivity contribution >= 4 is 10.0 Å². The summed E-state index contributed by atoms with van der Waals surface area (Å²) in [5, 5.41) is 3.42. The van der Waals surface area contributed by atoms with E-state index in [0.29, 0.717) is 6.04 Å². The van der Waals surface area contributed by atoms with Gasteiger partial charge in [0.05, 0.1) is 5.75 Å². The molecule has 5 heteroatoms. The average molecular weight is 232 g/mol. The van der Waals surface area contributed by atoms with Crippen molar-refractivity contribution in [3.8, 4) is 0 Å². The lowest BCUT2D eigenvalue weighted by molar-refractivity contribution is 0.322. The third-order valence-corrected chi connectivity index (χ3v) is 5.43. The highest BCUT2D eigenvalue weighted by atomic mass is 32.2. The molecule has 2 aliphatic rings. The maximum atomic E-state index is 11.9. The van der Waals surface area contributed by atoms with E-state index in [9.17, 15) is 8.42 Å². The SMILES string of the molecule is CCS(=O)(=O)N1CCCC1C1CCCN1. The Morgan fingerprint density at radius 2 is 2.13 bits per heavy atom. The number of sulfonamides is 1. The van der Waals surface area contributed by atoms with Crippen LogP contribution in [-0.2, 0) is 10.0 Å². The van der Waals surface area contributed by atoms with Crippen LogP contribution < -0.4 is 5.32 Å². The van der Waals surface area contributed by atoms with Gasteiger partial charge in [0, 0.05) is 18.6 Å². The second-order valence-electron chi connectivity index (χ2n) is 4.42. The van der Waals surface area contributed by atoms with E-state index in [1.54, 1.807) is 11.2 Å². The Kier molecular flexibility index (Phi) is 3.33. The van der Waals surface area contributed by atoms with Gasteiger partial charge in [-0.3, -0.25) is 0 Å². The first-order valence-corrected chi connectivity index (χ1v) is 7.49. The molecular weight excluding hydrogens is 212 g/mol. The lowest BCUT2D eigenvalue weighted by Crippen LogP contribution is -2.46. The van der Waals surface area contributed by atoms with Crippen LogP contribution in [0.5, 0.6) is 0 Å². The summed E-state index contributed by atoms with van der Waals surface area (Å²) >= 11 is 0. The molecule has 15 heavy (non-hydrogen) atoms. The topological polar surface area (TPSA) is 49.4 Å². The van der Waals surface area contributed by atoms with E-state index in [0.717, 1.165) is 32.4 Å². The fourth-order valence-electron chi connectivity index (χ4n) is 2.72. The van der Waals surface area contributed by atoms with Gasteiger partial charge in [0.15, 0.2) is 0 Å². The molecule has 1 N–H and O–H groups in total. The molecule has 0 aromatic rings. The van der Waals surface area contributed by atoms with Gasteiger partial charge in [-0.15, -0.1) is 0 Å². The second kappa shape index (κ2) is 4.39.